The van der Waals surface area contributed by atoms with E-state index >= 15 is 0 Å². The lowest BCUT2D eigenvalue weighted by molar-refractivity contribution is 0.0237. The minimum Gasteiger partial charge on any atom is -0.496 e. The summed E-state index contributed by atoms with van der Waals surface area (Å²) in [7, 11) is 1.75. The van der Waals surface area contributed by atoms with Gasteiger partial charge in [-0.1, -0.05) is 50.1 Å². The number of methoxy groups -OCH3 is 1. The second-order valence-electron chi connectivity index (χ2n) is 7.14. The first kappa shape index (κ1) is 15.2. The summed E-state index contributed by atoms with van der Waals surface area (Å²) >= 11 is 0. The van der Waals surface area contributed by atoms with Crippen molar-refractivity contribution in [3.63, 3.8) is 0 Å². The monoisotopic (exact) mass is 295 g/mol. The molecule has 116 valence electrons. The van der Waals surface area contributed by atoms with Gasteiger partial charge in [-0.25, -0.2) is 0 Å². The Morgan fingerprint density at radius 2 is 1.86 bits per heavy atom. The lowest BCUT2D eigenvalue weighted by Gasteiger charge is -2.52. The van der Waals surface area contributed by atoms with Gasteiger partial charge in [0.15, 0.2) is 0 Å². The summed E-state index contributed by atoms with van der Waals surface area (Å²) in [6.07, 6.45) is 7.72. The highest BCUT2D eigenvalue weighted by Crippen LogP contribution is 2.60. The molecule has 2 nitrogen and oxygen atoms in total. The third-order valence-electron chi connectivity index (χ3n) is 6.01. The van der Waals surface area contributed by atoms with Crippen LogP contribution in [0.15, 0.2) is 35.9 Å². The van der Waals surface area contributed by atoms with Gasteiger partial charge in [0.05, 0.1) is 18.6 Å². The number of ether oxygens (including phenoxy) is 1. The number of nitrogens with zero attached hydrogens (tertiary/aromatic N) is 1. The molecule has 0 aromatic heterocycles. The Bertz CT molecular complexity index is 612. The fourth-order valence-corrected chi connectivity index (χ4v) is 4.51. The maximum absolute atomic E-state index is 9.97. The van der Waals surface area contributed by atoms with Gasteiger partial charge in [0.1, 0.15) is 5.76 Å². The summed E-state index contributed by atoms with van der Waals surface area (Å²) in [6.45, 7) is 2.33. The molecule has 0 radical (unpaired) electrons. The van der Waals surface area contributed by atoms with Crippen LogP contribution in [0, 0.1) is 22.2 Å². The van der Waals surface area contributed by atoms with Gasteiger partial charge in [-0.15, -0.1) is 0 Å². The average molecular weight is 295 g/mol. The molecule has 2 fully saturated rings. The fourth-order valence-electron chi connectivity index (χ4n) is 4.51. The second-order valence-corrected chi connectivity index (χ2v) is 7.14. The Kier molecular flexibility index (Phi) is 4.00. The average Bonchev–Trinajstić information content (AvgIpc) is 2.56. The largest absolute Gasteiger partial charge is 0.496 e. The van der Waals surface area contributed by atoms with Crippen LogP contribution in [0.3, 0.4) is 0 Å². The van der Waals surface area contributed by atoms with E-state index in [2.05, 4.69) is 25.1 Å². The van der Waals surface area contributed by atoms with Crippen LogP contribution in [0.1, 0.15) is 57.4 Å². The highest BCUT2D eigenvalue weighted by molar-refractivity contribution is 5.63. The third-order valence-corrected chi connectivity index (χ3v) is 6.01. The molecule has 0 N–H and O–H groups in total. The molecule has 0 spiro atoms. The second kappa shape index (κ2) is 5.80. The molecule has 0 aliphatic heterocycles. The van der Waals surface area contributed by atoms with Crippen LogP contribution in [0.4, 0.5) is 0 Å². The Hall–Kier alpha value is -1.75. The molecule has 0 amide bonds. The topological polar surface area (TPSA) is 33.0 Å². The number of allylic oxidation sites excluding steroid dienone is 1. The zero-order valence-corrected chi connectivity index (χ0v) is 13.7. The van der Waals surface area contributed by atoms with Crippen molar-refractivity contribution in [3.8, 4) is 6.07 Å². The minimum atomic E-state index is -0.197. The Morgan fingerprint density at radius 3 is 2.55 bits per heavy atom. The van der Waals surface area contributed by atoms with E-state index in [0.717, 1.165) is 37.0 Å². The van der Waals surface area contributed by atoms with Gasteiger partial charge in [0.25, 0.3) is 0 Å². The van der Waals surface area contributed by atoms with E-state index in [-0.39, 0.29) is 10.8 Å². The summed E-state index contributed by atoms with van der Waals surface area (Å²) in [5.74, 6) is 0.989. The van der Waals surface area contributed by atoms with E-state index in [0.29, 0.717) is 0 Å². The lowest BCUT2D eigenvalue weighted by Crippen LogP contribution is -2.44. The molecule has 2 atom stereocenters. The molecular weight excluding hydrogens is 270 g/mol. The van der Waals surface area contributed by atoms with Crippen molar-refractivity contribution < 1.29 is 4.74 Å². The Morgan fingerprint density at radius 1 is 1.14 bits per heavy atom. The quantitative estimate of drug-likeness (QED) is 0.692. The lowest BCUT2D eigenvalue weighted by atomic mass is 9.50. The number of rotatable bonds is 2. The summed E-state index contributed by atoms with van der Waals surface area (Å²) in [4.78, 5) is 0. The molecule has 22 heavy (non-hydrogen) atoms. The molecule has 0 bridgehead atoms. The van der Waals surface area contributed by atoms with Crippen molar-refractivity contribution >= 4 is 5.76 Å². The molecule has 0 saturated heterocycles. The highest BCUT2D eigenvalue weighted by Gasteiger charge is 2.52. The van der Waals surface area contributed by atoms with Crippen LogP contribution in [-0.2, 0) is 4.74 Å². The van der Waals surface area contributed by atoms with Gasteiger partial charge in [0.2, 0.25) is 0 Å². The Balaban J connectivity index is 2.00. The van der Waals surface area contributed by atoms with Crippen LogP contribution >= 0.6 is 0 Å². The normalized spacial score (nSPS) is 33.5. The molecule has 3 rings (SSSR count). The van der Waals surface area contributed by atoms with Crippen molar-refractivity contribution in [3.05, 3.63) is 41.5 Å². The van der Waals surface area contributed by atoms with E-state index in [4.69, 9.17) is 4.74 Å². The van der Waals surface area contributed by atoms with E-state index in [1.165, 1.54) is 24.8 Å². The zero-order valence-electron chi connectivity index (χ0n) is 13.7. The van der Waals surface area contributed by atoms with Gasteiger partial charge in [-0.3, -0.25) is 0 Å². The third kappa shape index (κ3) is 2.33. The maximum atomic E-state index is 9.97. The van der Waals surface area contributed by atoms with Gasteiger partial charge in [0, 0.05) is 5.56 Å². The first-order valence-electron chi connectivity index (χ1n) is 8.37. The summed E-state index contributed by atoms with van der Waals surface area (Å²) < 4.78 is 5.75. The zero-order chi connectivity index (χ0) is 15.6. The van der Waals surface area contributed by atoms with Crippen LogP contribution in [0.2, 0.25) is 0 Å². The summed E-state index contributed by atoms with van der Waals surface area (Å²) in [5.41, 5.74) is 2.44. The number of benzene rings is 1. The molecule has 1 aromatic carbocycles. The number of nitriles is 1. The summed E-state index contributed by atoms with van der Waals surface area (Å²) in [6, 6.07) is 13.0. The van der Waals surface area contributed by atoms with Gasteiger partial charge in [-0.05, 0) is 43.1 Å². The van der Waals surface area contributed by atoms with Crippen LogP contribution in [0.25, 0.3) is 5.76 Å². The van der Waals surface area contributed by atoms with Gasteiger partial charge < -0.3 is 4.74 Å². The molecule has 2 saturated carbocycles. The van der Waals surface area contributed by atoms with Gasteiger partial charge in [-0.2, -0.15) is 5.26 Å². The summed E-state index contributed by atoms with van der Waals surface area (Å²) in [5, 5.41) is 9.97. The maximum Gasteiger partial charge on any atom is 0.125 e. The van der Waals surface area contributed by atoms with Crippen molar-refractivity contribution in [2.45, 2.75) is 51.9 Å². The van der Waals surface area contributed by atoms with Gasteiger partial charge >= 0.3 is 0 Å². The van der Waals surface area contributed by atoms with Crippen molar-refractivity contribution in [2.75, 3.05) is 7.11 Å². The Labute approximate surface area is 133 Å². The van der Waals surface area contributed by atoms with Crippen molar-refractivity contribution in [1.82, 2.24) is 0 Å². The van der Waals surface area contributed by atoms with E-state index in [1.54, 1.807) is 7.11 Å². The predicted octanol–water partition coefficient (Wildman–Crippen LogP) is 5.32. The minimum absolute atomic E-state index is 0.180. The molecule has 2 aliphatic rings. The number of fused-ring (bicyclic) bond motifs is 1. The van der Waals surface area contributed by atoms with E-state index in [1.807, 2.05) is 18.2 Å². The van der Waals surface area contributed by atoms with Crippen LogP contribution in [-0.4, -0.2) is 7.11 Å². The van der Waals surface area contributed by atoms with E-state index in [9.17, 15) is 5.26 Å². The highest BCUT2D eigenvalue weighted by atomic mass is 16.5. The van der Waals surface area contributed by atoms with E-state index < -0.39 is 0 Å². The van der Waals surface area contributed by atoms with Crippen molar-refractivity contribution in [2.24, 2.45) is 10.8 Å². The number of hydrogen-bond acceptors (Lipinski definition) is 2. The number of hydrogen-bond donors (Lipinski definition) is 0. The first-order valence-corrected chi connectivity index (χ1v) is 8.37. The molecular formula is C20H25NO. The van der Waals surface area contributed by atoms with Crippen LogP contribution in [0.5, 0.6) is 0 Å². The molecule has 2 heteroatoms. The SMILES string of the molecule is CO/C(=C1\CCC2(C)CCCCC2(C#N)C1)c1ccccc1. The smallest absolute Gasteiger partial charge is 0.125 e. The fraction of sp³-hybridized carbons (Fsp3) is 0.550. The molecule has 0 heterocycles. The first-order chi connectivity index (χ1) is 10.6. The predicted molar refractivity (Wildman–Crippen MR) is 88.8 cm³/mol. The van der Waals surface area contributed by atoms with Crippen molar-refractivity contribution in [1.29, 1.82) is 5.26 Å². The molecule has 1 aromatic rings. The van der Waals surface area contributed by atoms with Crippen LogP contribution < -0.4 is 0 Å². The molecule has 2 aliphatic carbocycles. The molecule has 2 unspecified atom stereocenters. The standard InChI is InChI=1S/C20H25NO/c1-19-11-6-7-12-20(19,15-21)14-17(10-13-19)18(22-2)16-8-4-3-5-9-16/h3-5,8-9H,6-7,10-14H2,1-2H3/b18-17+.